The molecule has 2 rings (SSSR count). The molecule has 1 fully saturated rings. The Morgan fingerprint density at radius 1 is 1.37 bits per heavy atom. The number of rotatable bonds is 4. The van der Waals surface area contributed by atoms with Gasteiger partial charge in [0.2, 0.25) is 0 Å². The van der Waals surface area contributed by atoms with Crippen molar-refractivity contribution in [2.75, 3.05) is 13.7 Å². The van der Waals surface area contributed by atoms with Crippen molar-refractivity contribution in [3.8, 4) is 0 Å². The Bertz CT molecular complexity index is 396. The summed E-state index contributed by atoms with van der Waals surface area (Å²) < 4.78 is 10.4. The van der Waals surface area contributed by atoms with Gasteiger partial charge in [0.25, 0.3) is 0 Å². The summed E-state index contributed by atoms with van der Waals surface area (Å²) in [5.74, 6) is 0. The number of benzene rings is 1. The van der Waals surface area contributed by atoms with E-state index in [0.29, 0.717) is 0 Å². The van der Waals surface area contributed by atoms with Crippen LogP contribution in [0.15, 0.2) is 30.3 Å². The fourth-order valence-corrected chi connectivity index (χ4v) is 2.48. The molecule has 0 aliphatic carbocycles. The zero-order valence-electron chi connectivity index (χ0n) is 10.9. The normalized spacial score (nSPS) is 35.3. The van der Waals surface area contributed by atoms with Crippen LogP contribution in [0.25, 0.3) is 0 Å². The van der Waals surface area contributed by atoms with Crippen LogP contribution in [0.3, 0.4) is 0 Å². The van der Waals surface area contributed by atoms with Crippen LogP contribution in [0.4, 0.5) is 0 Å². The minimum Gasteiger partial charge on any atom is -0.394 e. The second kappa shape index (κ2) is 5.98. The second-order valence-corrected chi connectivity index (χ2v) is 4.94. The molecule has 1 saturated heterocycles. The smallest absolute Gasteiger partial charge is 0.160 e. The van der Waals surface area contributed by atoms with Gasteiger partial charge in [-0.2, -0.15) is 0 Å². The lowest BCUT2D eigenvalue weighted by atomic mass is 9.81. The quantitative estimate of drug-likeness (QED) is 0.720. The van der Waals surface area contributed by atoms with E-state index >= 15 is 0 Å². The lowest BCUT2D eigenvalue weighted by Crippen LogP contribution is -2.59. The van der Waals surface area contributed by atoms with Crippen molar-refractivity contribution in [3.63, 3.8) is 0 Å². The van der Waals surface area contributed by atoms with E-state index in [0.717, 1.165) is 5.56 Å². The highest BCUT2D eigenvalue weighted by Gasteiger charge is 2.48. The summed E-state index contributed by atoms with van der Waals surface area (Å²) in [6.45, 7) is -0.363. The van der Waals surface area contributed by atoms with Crippen molar-refractivity contribution in [3.05, 3.63) is 35.9 Å². The molecule has 19 heavy (non-hydrogen) atoms. The van der Waals surface area contributed by atoms with E-state index in [1.165, 1.54) is 7.11 Å². The lowest BCUT2D eigenvalue weighted by Gasteiger charge is -2.44. The predicted octanol–water partition coefficient (Wildman–Crippen LogP) is 0.0748. The first-order valence-corrected chi connectivity index (χ1v) is 6.32. The highest BCUT2D eigenvalue weighted by Crippen LogP contribution is 2.32. The van der Waals surface area contributed by atoms with Crippen molar-refractivity contribution >= 4 is 0 Å². The van der Waals surface area contributed by atoms with Crippen LogP contribution >= 0.6 is 0 Å². The van der Waals surface area contributed by atoms with E-state index in [-0.39, 0.29) is 19.4 Å². The fraction of sp³-hybridized carbons (Fsp3) is 0.571. The molecule has 5 nitrogen and oxygen atoms in total. The molecular weight excluding hydrogens is 248 g/mol. The Morgan fingerprint density at radius 3 is 2.63 bits per heavy atom. The van der Waals surface area contributed by atoms with Crippen molar-refractivity contribution in [1.82, 2.24) is 0 Å². The highest BCUT2D eigenvalue weighted by atomic mass is 16.7. The maximum atomic E-state index is 10.7. The van der Waals surface area contributed by atoms with Crippen LogP contribution in [0.1, 0.15) is 12.0 Å². The van der Waals surface area contributed by atoms with Gasteiger partial charge < -0.3 is 24.8 Å². The van der Waals surface area contributed by atoms with Gasteiger partial charge in [-0.05, 0) is 5.56 Å². The van der Waals surface area contributed by atoms with E-state index in [2.05, 4.69) is 0 Å². The topological polar surface area (TPSA) is 79.2 Å². The SMILES string of the molecule is CO[C@@H]1C[C@](O)(Cc2ccccc2)[C@H](O)[C@@H](CO)O1. The molecule has 1 heterocycles. The van der Waals surface area contributed by atoms with E-state index in [4.69, 9.17) is 9.47 Å². The van der Waals surface area contributed by atoms with E-state index in [1.54, 1.807) is 0 Å². The third-order valence-corrected chi connectivity index (χ3v) is 3.55. The second-order valence-electron chi connectivity index (χ2n) is 4.94. The average Bonchev–Trinajstić information content (AvgIpc) is 2.43. The van der Waals surface area contributed by atoms with E-state index in [9.17, 15) is 15.3 Å². The molecule has 1 aliphatic rings. The zero-order valence-corrected chi connectivity index (χ0v) is 10.9. The molecular formula is C14H20O5. The standard InChI is InChI=1S/C14H20O5/c1-18-12-8-14(17,13(16)11(9-15)19-12)7-10-5-3-2-4-6-10/h2-6,11-13,15-17H,7-9H2,1H3/t11-,12+,13-,14-/m1/s1. The molecule has 0 spiro atoms. The molecule has 0 saturated carbocycles. The monoisotopic (exact) mass is 268 g/mol. The molecule has 4 atom stereocenters. The average molecular weight is 268 g/mol. The Balaban J connectivity index is 2.18. The van der Waals surface area contributed by atoms with Gasteiger partial charge in [-0.15, -0.1) is 0 Å². The van der Waals surface area contributed by atoms with Crippen LogP contribution in [-0.2, 0) is 15.9 Å². The molecule has 1 aromatic rings. The Kier molecular flexibility index (Phi) is 4.54. The zero-order chi connectivity index (χ0) is 13.9. The molecule has 0 aromatic heterocycles. The van der Waals surface area contributed by atoms with Crippen LogP contribution in [0.5, 0.6) is 0 Å². The molecule has 3 N–H and O–H groups in total. The first-order valence-electron chi connectivity index (χ1n) is 6.32. The first kappa shape index (κ1) is 14.4. The van der Waals surface area contributed by atoms with Gasteiger partial charge in [0.05, 0.1) is 6.61 Å². The molecule has 1 aliphatic heterocycles. The summed E-state index contributed by atoms with van der Waals surface area (Å²) in [7, 11) is 1.47. The van der Waals surface area contributed by atoms with Gasteiger partial charge in [0, 0.05) is 20.0 Å². The number of aliphatic hydroxyl groups excluding tert-OH is 2. The third-order valence-electron chi connectivity index (χ3n) is 3.55. The predicted molar refractivity (Wildman–Crippen MR) is 68.5 cm³/mol. The Morgan fingerprint density at radius 2 is 2.05 bits per heavy atom. The van der Waals surface area contributed by atoms with Crippen LogP contribution in [-0.4, -0.2) is 53.1 Å². The Labute approximate surface area is 112 Å². The van der Waals surface area contributed by atoms with Crippen molar-refractivity contribution in [1.29, 1.82) is 0 Å². The summed E-state index contributed by atoms with van der Waals surface area (Å²) in [5, 5.41) is 30.1. The largest absolute Gasteiger partial charge is 0.394 e. The third kappa shape index (κ3) is 3.13. The summed E-state index contributed by atoms with van der Waals surface area (Å²) in [6, 6.07) is 9.41. The molecule has 0 unspecified atom stereocenters. The van der Waals surface area contributed by atoms with Gasteiger partial charge in [0.15, 0.2) is 6.29 Å². The summed E-state index contributed by atoms with van der Waals surface area (Å²) in [5.41, 5.74) is -0.453. The summed E-state index contributed by atoms with van der Waals surface area (Å²) in [4.78, 5) is 0. The molecule has 1 aromatic carbocycles. The van der Waals surface area contributed by atoms with Gasteiger partial charge in [-0.3, -0.25) is 0 Å². The Hall–Kier alpha value is -0.980. The van der Waals surface area contributed by atoms with Gasteiger partial charge in [-0.1, -0.05) is 30.3 Å². The molecule has 106 valence electrons. The van der Waals surface area contributed by atoms with Crippen LogP contribution < -0.4 is 0 Å². The number of ether oxygens (including phenoxy) is 2. The van der Waals surface area contributed by atoms with E-state index in [1.807, 2.05) is 30.3 Å². The maximum absolute atomic E-state index is 10.7. The summed E-state index contributed by atoms with van der Waals surface area (Å²) in [6.07, 6.45) is -2.17. The molecule has 0 radical (unpaired) electrons. The van der Waals surface area contributed by atoms with Crippen molar-refractivity contribution < 1.29 is 24.8 Å². The lowest BCUT2D eigenvalue weighted by molar-refractivity contribution is -0.279. The molecule has 0 amide bonds. The minimum atomic E-state index is -1.37. The van der Waals surface area contributed by atoms with Gasteiger partial charge in [0.1, 0.15) is 17.8 Å². The number of hydrogen-bond acceptors (Lipinski definition) is 5. The maximum Gasteiger partial charge on any atom is 0.160 e. The van der Waals surface area contributed by atoms with Crippen molar-refractivity contribution in [2.45, 2.75) is 36.9 Å². The first-order chi connectivity index (χ1) is 9.09. The minimum absolute atomic E-state index is 0.163. The molecule has 5 heteroatoms. The number of methoxy groups -OCH3 is 1. The number of hydrogen-bond donors (Lipinski definition) is 3. The molecule has 0 bridgehead atoms. The van der Waals surface area contributed by atoms with Gasteiger partial charge in [-0.25, -0.2) is 0 Å². The van der Waals surface area contributed by atoms with Gasteiger partial charge >= 0.3 is 0 Å². The van der Waals surface area contributed by atoms with Crippen molar-refractivity contribution in [2.24, 2.45) is 0 Å². The van der Waals surface area contributed by atoms with E-state index < -0.39 is 24.1 Å². The fourth-order valence-electron chi connectivity index (χ4n) is 2.48. The van der Waals surface area contributed by atoms with Crippen LogP contribution in [0, 0.1) is 0 Å². The summed E-state index contributed by atoms with van der Waals surface area (Å²) >= 11 is 0. The number of aliphatic hydroxyl groups is 3. The highest BCUT2D eigenvalue weighted by molar-refractivity contribution is 5.18. The van der Waals surface area contributed by atoms with Crippen LogP contribution in [0.2, 0.25) is 0 Å².